The summed E-state index contributed by atoms with van der Waals surface area (Å²) in [6, 6.07) is 0. The Hall–Kier alpha value is -0.340. The molecule has 0 radical (unpaired) electrons. The molecule has 1 N–H and O–H groups in total. The second kappa shape index (κ2) is 6.41. The van der Waals surface area contributed by atoms with Crippen molar-refractivity contribution in [2.45, 2.75) is 13.0 Å². The van der Waals surface area contributed by atoms with Crippen LogP contribution in [0.4, 0.5) is 0 Å². The minimum absolute atomic E-state index is 0.166. The van der Waals surface area contributed by atoms with Crippen LogP contribution >= 0.6 is 7.14 Å². The number of hydrogen-bond donors (Lipinski definition) is 1. The molecule has 0 aromatic heterocycles. The Labute approximate surface area is 96.7 Å². The van der Waals surface area contributed by atoms with Crippen molar-refractivity contribution in [3.63, 3.8) is 0 Å². The van der Waals surface area contributed by atoms with Gasteiger partial charge in [-0.1, -0.05) is 5.92 Å². The van der Waals surface area contributed by atoms with E-state index in [1.807, 2.05) is 0 Å². The highest BCUT2D eigenvalue weighted by atomic mass is 32.2. The SMILES string of the molecule is CC#CC(CS(=O)(=O)O)OCCP(C)(C)=O. The standard InChI is InChI=1S/C9H17O5PS/c1-4-5-9(8-16(11,12)13)14-6-7-15(2,3)10/h9H,6-8H2,1-3H3,(H,11,12,13). The molecule has 0 rings (SSSR count). The van der Waals surface area contributed by atoms with Crippen molar-refractivity contribution in [3.8, 4) is 11.8 Å². The Morgan fingerprint density at radius 1 is 1.44 bits per heavy atom. The zero-order chi connectivity index (χ0) is 12.8. The first-order valence-corrected chi connectivity index (χ1v) is 9.06. The molecular formula is C9H17O5PS. The molecule has 0 fully saturated rings. The lowest BCUT2D eigenvalue weighted by atomic mass is 10.4. The fourth-order valence-corrected chi connectivity index (χ4v) is 2.01. The van der Waals surface area contributed by atoms with Gasteiger partial charge < -0.3 is 9.30 Å². The summed E-state index contributed by atoms with van der Waals surface area (Å²) in [5.41, 5.74) is 0. The maximum atomic E-state index is 11.4. The van der Waals surface area contributed by atoms with Gasteiger partial charge in [0.1, 0.15) is 11.9 Å². The molecule has 1 unspecified atom stereocenters. The Balaban J connectivity index is 4.25. The molecule has 0 saturated carbocycles. The van der Waals surface area contributed by atoms with Crippen LogP contribution in [0.25, 0.3) is 0 Å². The summed E-state index contributed by atoms with van der Waals surface area (Å²) in [6.45, 7) is 4.96. The second-order valence-corrected chi connectivity index (χ2v) is 8.89. The van der Waals surface area contributed by atoms with Gasteiger partial charge in [-0.05, 0) is 20.3 Å². The minimum Gasteiger partial charge on any atom is -0.364 e. The molecule has 0 aliphatic rings. The summed E-state index contributed by atoms with van der Waals surface area (Å²) < 4.78 is 46.4. The summed E-state index contributed by atoms with van der Waals surface area (Å²) in [6.07, 6.45) is -0.507. The van der Waals surface area contributed by atoms with E-state index >= 15 is 0 Å². The maximum absolute atomic E-state index is 11.4. The van der Waals surface area contributed by atoms with Crippen molar-refractivity contribution in [2.75, 3.05) is 31.9 Å². The van der Waals surface area contributed by atoms with Crippen molar-refractivity contribution >= 4 is 17.3 Å². The lowest BCUT2D eigenvalue weighted by Crippen LogP contribution is -2.23. The molecule has 1 atom stereocenters. The monoisotopic (exact) mass is 268 g/mol. The predicted octanol–water partition coefficient (Wildman–Crippen LogP) is 0.905. The quantitative estimate of drug-likeness (QED) is 0.440. The van der Waals surface area contributed by atoms with Gasteiger partial charge in [0.05, 0.1) is 13.7 Å². The van der Waals surface area contributed by atoms with Crippen LogP contribution in [0.3, 0.4) is 0 Å². The molecule has 0 spiro atoms. The molecule has 0 aromatic carbocycles. The topological polar surface area (TPSA) is 80.7 Å². The fourth-order valence-electron chi connectivity index (χ4n) is 0.899. The summed E-state index contributed by atoms with van der Waals surface area (Å²) in [7, 11) is -6.29. The van der Waals surface area contributed by atoms with Crippen molar-refractivity contribution in [1.82, 2.24) is 0 Å². The van der Waals surface area contributed by atoms with Crippen LogP contribution in [0.5, 0.6) is 0 Å². The highest BCUT2D eigenvalue weighted by molar-refractivity contribution is 7.85. The first-order chi connectivity index (χ1) is 7.14. The van der Waals surface area contributed by atoms with E-state index in [1.165, 1.54) is 0 Å². The Morgan fingerprint density at radius 2 is 2.00 bits per heavy atom. The van der Waals surface area contributed by atoms with E-state index in [1.54, 1.807) is 20.3 Å². The highest BCUT2D eigenvalue weighted by Crippen LogP contribution is 2.34. The Morgan fingerprint density at radius 3 is 2.38 bits per heavy atom. The molecule has 0 aliphatic heterocycles. The van der Waals surface area contributed by atoms with E-state index in [2.05, 4.69) is 11.8 Å². The molecular weight excluding hydrogens is 251 g/mol. The average molecular weight is 268 g/mol. The third-order valence-corrected chi connectivity index (χ3v) is 3.60. The zero-order valence-electron chi connectivity index (χ0n) is 9.63. The van der Waals surface area contributed by atoms with Crippen LogP contribution in [0.2, 0.25) is 0 Å². The third kappa shape index (κ3) is 10.2. The van der Waals surface area contributed by atoms with E-state index < -0.39 is 29.1 Å². The van der Waals surface area contributed by atoms with Crippen LogP contribution in [0, 0.1) is 11.8 Å². The molecule has 16 heavy (non-hydrogen) atoms. The Bertz CT molecular complexity index is 411. The molecule has 0 bridgehead atoms. The predicted molar refractivity (Wildman–Crippen MR) is 63.9 cm³/mol. The van der Waals surface area contributed by atoms with Gasteiger partial charge in [-0.15, -0.1) is 5.92 Å². The highest BCUT2D eigenvalue weighted by Gasteiger charge is 2.16. The van der Waals surface area contributed by atoms with E-state index in [9.17, 15) is 13.0 Å². The lowest BCUT2D eigenvalue weighted by molar-refractivity contribution is 0.118. The molecule has 0 aliphatic carbocycles. The molecule has 0 saturated heterocycles. The van der Waals surface area contributed by atoms with Crippen molar-refractivity contribution < 1.29 is 22.3 Å². The van der Waals surface area contributed by atoms with Crippen LogP contribution in [-0.2, 0) is 19.4 Å². The van der Waals surface area contributed by atoms with E-state index in [0.29, 0.717) is 6.16 Å². The molecule has 0 aromatic rings. The van der Waals surface area contributed by atoms with Gasteiger partial charge in [-0.3, -0.25) is 4.55 Å². The van der Waals surface area contributed by atoms with Crippen molar-refractivity contribution in [2.24, 2.45) is 0 Å². The average Bonchev–Trinajstić information content (AvgIpc) is 1.98. The molecule has 94 valence electrons. The van der Waals surface area contributed by atoms with Gasteiger partial charge in [0.2, 0.25) is 0 Å². The summed E-state index contributed by atoms with van der Waals surface area (Å²) in [5.74, 6) is 4.48. The largest absolute Gasteiger partial charge is 0.364 e. The lowest BCUT2D eigenvalue weighted by Gasteiger charge is -2.12. The van der Waals surface area contributed by atoms with Crippen LogP contribution in [0.1, 0.15) is 6.92 Å². The first kappa shape index (κ1) is 15.7. The number of hydrogen-bond acceptors (Lipinski definition) is 4. The second-order valence-electron chi connectivity index (χ2n) is 3.80. The van der Waals surface area contributed by atoms with Gasteiger partial charge in [0.15, 0.2) is 0 Å². The maximum Gasteiger partial charge on any atom is 0.268 e. The zero-order valence-corrected chi connectivity index (χ0v) is 11.3. The number of rotatable bonds is 6. The minimum atomic E-state index is -4.11. The normalized spacial score (nSPS) is 14.0. The van der Waals surface area contributed by atoms with Crippen LogP contribution in [0.15, 0.2) is 0 Å². The molecule has 0 amide bonds. The van der Waals surface area contributed by atoms with Crippen LogP contribution < -0.4 is 0 Å². The van der Waals surface area contributed by atoms with Gasteiger partial charge in [0.25, 0.3) is 10.1 Å². The summed E-state index contributed by atoms with van der Waals surface area (Å²) >= 11 is 0. The first-order valence-electron chi connectivity index (χ1n) is 4.67. The smallest absolute Gasteiger partial charge is 0.268 e. The van der Waals surface area contributed by atoms with Crippen molar-refractivity contribution in [3.05, 3.63) is 0 Å². The summed E-state index contributed by atoms with van der Waals surface area (Å²) in [4.78, 5) is 0. The van der Waals surface area contributed by atoms with Gasteiger partial charge >= 0.3 is 0 Å². The van der Waals surface area contributed by atoms with Gasteiger partial charge in [-0.25, -0.2) is 0 Å². The van der Waals surface area contributed by atoms with E-state index in [0.717, 1.165) is 0 Å². The van der Waals surface area contributed by atoms with E-state index in [-0.39, 0.29) is 6.61 Å². The van der Waals surface area contributed by atoms with Crippen molar-refractivity contribution in [1.29, 1.82) is 0 Å². The Kier molecular flexibility index (Phi) is 6.27. The van der Waals surface area contributed by atoms with E-state index in [4.69, 9.17) is 9.29 Å². The molecule has 0 heterocycles. The molecule has 7 heteroatoms. The summed E-state index contributed by atoms with van der Waals surface area (Å²) in [5, 5.41) is 0. The fraction of sp³-hybridized carbons (Fsp3) is 0.778. The van der Waals surface area contributed by atoms with Gasteiger partial charge in [-0.2, -0.15) is 8.42 Å². The van der Waals surface area contributed by atoms with Gasteiger partial charge in [0, 0.05) is 6.16 Å². The molecule has 5 nitrogen and oxygen atoms in total. The third-order valence-electron chi connectivity index (χ3n) is 1.62. The van der Waals surface area contributed by atoms with Crippen LogP contribution in [-0.4, -0.2) is 50.9 Å². The number of ether oxygens (including phenoxy) is 1.